The standard InChI is InChI=1S/C15H24INO3/c1-9(2)10-7-11(18)17(12(10)19)15(5,6)8-14(3,4)13(16)20/h9-10H,7-8H2,1-6H3. The Kier molecular flexibility index (Phi) is 5.04. The number of rotatable bonds is 5. The first kappa shape index (κ1) is 17.6. The summed E-state index contributed by atoms with van der Waals surface area (Å²) in [5.41, 5.74) is -1.19. The minimum Gasteiger partial charge on any atom is -0.287 e. The molecule has 0 aromatic carbocycles. The molecule has 0 bridgehead atoms. The SMILES string of the molecule is CC(C)C1CC(=O)N(C(C)(C)CC(C)(C)C(=O)I)C1=O. The predicted octanol–water partition coefficient (Wildman–Crippen LogP) is 3.17. The van der Waals surface area contributed by atoms with E-state index >= 15 is 0 Å². The van der Waals surface area contributed by atoms with Crippen LogP contribution < -0.4 is 0 Å². The van der Waals surface area contributed by atoms with Gasteiger partial charge in [-0.1, -0.05) is 27.7 Å². The fourth-order valence-corrected chi connectivity index (χ4v) is 3.23. The van der Waals surface area contributed by atoms with Crippen molar-refractivity contribution in [3.8, 4) is 0 Å². The largest absolute Gasteiger partial charge is 0.287 e. The van der Waals surface area contributed by atoms with Gasteiger partial charge in [0.25, 0.3) is 0 Å². The van der Waals surface area contributed by atoms with E-state index in [0.29, 0.717) is 12.8 Å². The first-order valence-corrected chi connectivity index (χ1v) is 8.05. The highest BCUT2D eigenvalue weighted by atomic mass is 127. The van der Waals surface area contributed by atoms with Crippen LogP contribution in [0.5, 0.6) is 0 Å². The summed E-state index contributed by atoms with van der Waals surface area (Å²) in [6, 6.07) is 0. The van der Waals surface area contributed by atoms with Gasteiger partial charge >= 0.3 is 0 Å². The van der Waals surface area contributed by atoms with Crippen molar-refractivity contribution < 1.29 is 14.4 Å². The van der Waals surface area contributed by atoms with Gasteiger partial charge in [-0.2, -0.15) is 0 Å². The third-order valence-corrected chi connectivity index (χ3v) is 5.46. The molecule has 1 heterocycles. The summed E-state index contributed by atoms with van der Waals surface area (Å²) in [7, 11) is 0. The number of carbonyl (C=O) groups is 3. The maximum atomic E-state index is 12.5. The lowest BCUT2D eigenvalue weighted by atomic mass is 9.80. The number of nitrogens with zero attached hydrogens (tertiary/aromatic N) is 1. The normalized spacial score (nSPS) is 21.0. The lowest BCUT2D eigenvalue weighted by Crippen LogP contribution is -2.51. The molecule has 4 nitrogen and oxygen atoms in total. The van der Waals surface area contributed by atoms with Crippen LogP contribution >= 0.6 is 22.6 Å². The molecule has 5 heteroatoms. The predicted molar refractivity (Wildman–Crippen MR) is 86.3 cm³/mol. The average molecular weight is 393 g/mol. The zero-order chi connectivity index (χ0) is 15.9. The van der Waals surface area contributed by atoms with Gasteiger partial charge in [0.2, 0.25) is 11.8 Å². The fourth-order valence-electron chi connectivity index (χ4n) is 3.04. The molecule has 1 rings (SSSR count). The molecule has 1 fully saturated rings. The molecule has 1 aliphatic heterocycles. The van der Waals surface area contributed by atoms with E-state index in [9.17, 15) is 14.4 Å². The molecule has 1 saturated heterocycles. The molecular weight excluding hydrogens is 369 g/mol. The third-order valence-electron chi connectivity index (χ3n) is 4.00. The molecule has 2 amide bonds. The van der Waals surface area contributed by atoms with Gasteiger partial charge in [-0.25, -0.2) is 0 Å². The first-order chi connectivity index (χ1) is 8.90. The Bertz CT molecular complexity index is 440. The molecule has 0 aromatic heterocycles. The number of hydrogen-bond donors (Lipinski definition) is 0. The van der Waals surface area contributed by atoms with E-state index in [2.05, 4.69) is 0 Å². The van der Waals surface area contributed by atoms with E-state index in [1.54, 1.807) is 22.6 Å². The van der Waals surface area contributed by atoms with Crippen molar-refractivity contribution in [2.24, 2.45) is 17.3 Å². The molecule has 20 heavy (non-hydrogen) atoms. The van der Waals surface area contributed by atoms with Gasteiger partial charge in [0.1, 0.15) is 0 Å². The van der Waals surface area contributed by atoms with Crippen LogP contribution in [0.25, 0.3) is 0 Å². The molecular formula is C15H24INO3. The van der Waals surface area contributed by atoms with Gasteiger partial charge < -0.3 is 0 Å². The van der Waals surface area contributed by atoms with Crippen LogP contribution in [0, 0.1) is 17.3 Å². The Labute approximate surface area is 134 Å². The minimum absolute atomic E-state index is 0.0441. The molecule has 114 valence electrons. The molecule has 0 spiro atoms. The van der Waals surface area contributed by atoms with Crippen LogP contribution in [-0.4, -0.2) is 26.0 Å². The highest BCUT2D eigenvalue weighted by Crippen LogP contribution is 2.39. The maximum Gasteiger partial charge on any atom is 0.233 e. The van der Waals surface area contributed by atoms with E-state index in [1.807, 2.05) is 41.5 Å². The summed E-state index contributed by atoms with van der Waals surface area (Å²) >= 11 is 1.79. The highest BCUT2D eigenvalue weighted by Gasteiger charge is 2.48. The summed E-state index contributed by atoms with van der Waals surface area (Å²) in [6.07, 6.45) is 0.766. The molecule has 0 radical (unpaired) electrons. The number of amides is 2. The van der Waals surface area contributed by atoms with Crippen LogP contribution in [-0.2, 0) is 14.4 Å². The van der Waals surface area contributed by atoms with Crippen LogP contribution in [0.2, 0.25) is 0 Å². The van der Waals surface area contributed by atoms with E-state index in [0.717, 1.165) is 0 Å². The Morgan fingerprint density at radius 2 is 1.80 bits per heavy atom. The molecule has 0 aromatic rings. The monoisotopic (exact) mass is 393 g/mol. The second-order valence-electron chi connectivity index (χ2n) is 7.27. The lowest BCUT2D eigenvalue weighted by molar-refractivity contribution is -0.147. The quantitative estimate of drug-likeness (QED) is 0.410. The molecule has 0 N–H and O–H groups in total. The first-order valence-electron chi connectivity index (χ1n) is 6.97. The van der Waals surface area contributed by atoms with E-state index < -0.39 is 11.0 Å². The summed E-state index contributed by atoms with van der Waals surface area (Å²) < 4.78 is 0.0441. The van der Waals surface area contributed by atoms with Crippen molar-refractivity contribution in [2.75, 3.05) is 0 Å². The smallest absolute Gasteiger partial charge is 0.233 e. The molecule has 1 atom stereocenters. The topological polar surface area (TPSA) is 54.5 Å². The Morgan fingerprint density at radius 3 is 2.15 bits per heavy atom. The number of carbonyl (C=O) groups excluding carboxylic acids is 3. The van der Waals surface area contributed by atoms with Crippen molar-refractivity contribution in [3.63, 3.8) is 0 Å². The van der Waals surface area contributed by atoms with Crippen molar-refractivity contribution in [1.29, 1.82) is 0 Å². The number of halogens is 1. The Balaban J connectivity index is 3.01. The van der Waals surface area contributed by atoms with Crippen LogP contribution in [0.15, 0.2) is 0 Å². The van der Waals surface area contributed by atoms with Crippen molar-refractivity contribution in [1.82, 2.24) is 4.90 Å². The van der Waals surface area contributed by atoms with Gasteiger partial charge in [-0.3, -0.25) is 19.3 Å². The Hall–Kier alpha value is -0.460. The molecule has 0 aliphatic carbocycles. The lowest BCUT2D eigenvalue weighted by Gasteiger charge is -2.39. The summed E-state index contributed by atoms with van der Waals surface area (Å²) in [4.78, 5) is 37.8. The van der Waals surface area contributed by atoms with Gasteiger partial charge in [0.05, 0.1) is 0 Å². The molecule has 0 saturated carbocycles. The zero-order valence-corrected chi connectivity index (χ0v) is 15.3. The minimum atomic E-state index is -0.637. The second-order valence-corrected chi connectivity index (χ2v) is 8.25. The number of likely N-dealkylation sites (tertiary alicyclic amines) is 1. The average Bonchev–Trinajstić information content (AvgIpc) is 2.52. The second kappa shape index (κ2) is 5.73. The van der Waals surface area contributed by atoms with E-state index in [4.69, 9.17) is 0 Å². The van der Waals surface area contributed by atoms with Crippen molar-refractivity contribution in [2.45, 2.75) is 59.9 Å². The summed E-state index contributed by atoms with van der Waals surface area (Å²) in [5, 5.41) is 0. The summed E-state index contributed by atoms with van der Waals surface area (Å²) in [5.74, 6) is -0.270. The Morgan fingerprint density at radius 1 is 1.30 bits per heavy atom. The zero-order valence-electron chi connectivity index (χ0n) is 13.1. The number of imide groups is 1. The molecule has 1 unspecified atom stereocenters. The fraction of sp³-hybridized carbons (Fsp3) is 0.800. The van der Waals surface area contributed by atoms with Gasteiger partial charge in [-0.15, -0.1) is 0 Å². The van der Waals surface area contributed by atoms with Gasteiger partial charge in [-0.05, 0) is 26.2 Å². The van der Waals surface area contributed by atoms with E-state index in [-0.39, 0.29) is 27.4 Å². The van der Waals surface area contributed by atoms with Gasteiger partial charge in [0, 0.05) is 45.9 Å². The molecule has 1 aliphatic rings. The van der Waals surface area contributed by atoms with Crippen molar-refractivity contribution in [3.05, 3.63) is 0 Å². The van der Waals surface area contributed by atoms with Crippen LogP contribution in [0.3, 0.4) is 0 Å². The van der Waals surface area contributed by atoms with Gasteiger partial charge in [0.15, 0.2) is 3.79 Å². The van der Waals surface area contributed by atoms with Crippen LogP contribution in [0.4, 0.5) is 0 Å². The third kappa shape index (κ3) is 3.40. The summed E-state index contributed by atoms with van der Waals surface area (Å²) in [6.45, 7) is 11.4. The van der Waals surface area contributed by atoms with E-state index in [1.165, 1.54) is 4.90 Å². The maximum absolute atomic E-state index is 12.5. The highest BCUT2D eigenvalue weighted by molar-refractivity contribution is 14.1. The van der Waals surface area contributed by atoms with Crippen molar-refractivity contribution >= 4 is 38.2 Å². The van der Waals surface area contributed by atoms with Crippen LogP contribution in [0.1, 0.15) is 54.4 Å². The number of hydrogen-bond acceptors (Lipinski definition) is 3.